The summed E-state index contributed by atoms with van der Waals surface area (Å²) in [5.41, 5.74) is 1.14. The van der Waals surface area contributed by atoms with Crippen LogP contribution in [0.3, 0.4) is 0 Å². The molecule has 0 aliphatic carbocycles. The summed E-state index contributed by atoms with van der Waals surface area (Å²) < 4.78 is 25.6. The van der Waals surface area contributed by atoms with E-state index in [0.29, 0.717) is 36.9 Å². The summed E-state index contributed by atoms with van der Waals surface area (Å²) in [5, 5.41) is 3.18. The molecular weight excluding hydrogens is 489 g/mol. The lowest BCUT2D eigenvalue weighted by molar-refractivity contribution is -0.132. The third-order valence-electron chi connectivity index (χ3n) is 6.05. The topological polar surface area (TPSA) is 88.2 Å². The van der Waals surface area contributed by atoms with Crippen LogP contribution in [0, 0.1) is 5.82 Å². The molecule has 2 atom stereocenters. The minimum atomic E-state index is -0.830. The van der Waals surface area contributed by atoms with E-state index >= 15 is 0 Å². The Bertz CT molecular complexity index is 1160. The Morgan fingerprint density at radius 2 is 2.03 bits per heavy atom. The van der Waals surface area contributed by atoms with Crippen molar-refractivity contribution in [2.45, 2.75) is 25.5 Å². The Kier molecular flexibility index (Phi) is 8.35. The van der Waals surface area contributed by atoms with Gasteiger partial charge in [-0.05, 0) is 48.9 Å². The molecule has 2 aliphatic heterocycles. The number of rotatable bonds is 7. The molecule has 8 nitrogen and oxygen atoms in total. The van der Waals surface area contributed by atoms with Crippen LogP contribution in [0.4, 0.5) is 15.8 Å². The van der Waals surface area contributed by atoms with Crippen molar-refractivity contribution in [3.8, 4) is 0 Å². The van der Waals surface area contributed by atoms with E-state index < -0.39 is 17.8 Å². The lowest BCUT2D eigenvalue weighted by atomic mass is 10.1. The van der Waals surface area contributed by atoms with Crippen molar-refractivity contribution in [3.63, 3.8) is 0 Å². The summed E-state index contributed by atoms with van der Waals surface area (Å²) in [6.07, 6.45) is 3.03. The molecule has 0 spiro atoms. The first-order valence-corrected chi connectivity index (χ1v) is 12.1. The van der Waals surface area contributed by atoms with Crippen LogP contribution in [0.1, 0.15) is 18.9 Å². The van der Waals surface area contributed by atoms with Crippen LogP contribution in [0.15, 0.2) is 48.5 Å². The molecule has 190 valence electrons. The van der Waals surface area contributed by atoms with E-state index in [1.807, 2.05) is 6.92 Å². The fraction of sp³-hybridized carbons (Fsp3) is 0.346. The van der Waals surface area contributed by atoms with Gasteiger partial charge < -0.3 is 24.6 Å². The molecule has 1 N–H and O–H groups in total. The molecule has 2 fully saturated rings. The largest absolute Gasteiger partial charge is 0.377 e. The van der Waals surface area contributed by atoms with Gasteiger partial charge >= 0.3 is 0 Å². The molecule has 0 saturated carbocycles. The summed E-state index contributed by atoms with van der Waals surface area (Å²) in [4.78, 5) is 41.0. The molecule has 2 aromatic carbocycles. The van der Waals surface area contributed by atoms with E-state index in [9.17, 15) is 18.8 Å². The maximum absolute atomic E-state index is 14.9. The van der Waals surface area contributed by atoms with E-state index in [4.69, 9.17) is 21.1 Å². The minimum Gasteiger partial charge on any atom is -0.377 e. The number of morpholine rings is 1. The number of hydrogen-bond donors (Lipinski definition) is 1. The Morgan fingerprint density at radius 3 is 2.72 bits per heavy atom. The van der Waals surface area contributed by atoms with Gasteiger partial charge in [0.15, 0.2) is 0 Å². The lowest BCUT2D eigenvalue weighted by Gasteiger charge is -2.27. The van der Waals surface area contributed by atoms with Crippen molar-refractivity contribution >= 4 is 46.8 Å². The maximum Gasteiger partial charge on any atom is 0.253 e. The molecule has 0 bridgehead atoms. The zero-order valence-electron chi connectivity index (χ0n) is 19.8. The van der Waals surface area contributed by atoms with Crippen LogP contribution in [-0.2, 0) is 23.9 Å². The van der Waals surface area contributed by atoms with Gasteiger partial charge in [0, 0.05) is 42.9 Å². The first kappa shape index (κ1) is 25.8. The third-order valence-corrected chi connectivity index (χ3v) is 6.30. The van der Waals surface area contributed by atoms with Gasteiger partial charge in [0.2, 0.25) is 11.8 Å². The predicted octanol–water partition coefficient (Wildman–Crippen LogP) is 3.50. The van der Waals surface area contributed by atoms with Crippen LogP contribution in [0.5, 0.6) is 0 Å². The number of anilines is 2. The van der Waals surface area contributed by atoms with Crippen molar-refractivity contribution in [3.05, 3.63) is 64.9 Å². The van der Waals surface area contributed by atoms with Crippen LogP contribution >= 0.6 is 11.6 Å². The third kappa shape index (κ3) is 6.10. The lowest BCUT2D eigenvalue weighted by Crippen LogP contribution is -2.42. The zero-order chi connectivity index (χ0) is 25.7. The quantitative estimate of drug-likeness (QED) is 0.570. The molecule has 0 aromatic heterocycles. The maximum atomic E-state index is 14.9. The Hall–Kier alpha value is -3.27. The number of nitrogens with zero attached hydrogens (tertiary/aromatic N) is 2. The number of halogens is 2. The molecule has 36 heavy (non-hydrogen) atoms. The van der Waals surface area contributed by atoms with E-state index in [1.54, 1.807) is 36.4 Å². The Balaban J connectivity index is 1.47. The predicted molar refractivity (Wildman–Crippen MR) is 134 cm³/mol. The number of benzene rings is 2. The smallest absolute Gasteiger partial charge is 0.253 e. The van der Waals surface area contributed by atoms with Gasteiger partial charge in [-0.15, -0.1) is 0 Å². The van der Waals surface area contributed by atoms with E-state index in [-0.39, 0.29) is 36.8 Å². The van der Waals surface area contributed by atoms with Gasteiger partial charge in [-0.25, -0.2) is 4.39 Å². The zero-order valence-corrected chi connectivity index (χ0v) is 20.5. The normalized spacial score (nSPS) is 20.2. The SMILES string of the molecule is CCO[C@@H]1C[C@H](C(=O)Nc2ccc(N3CCOCC3=O)cc2F)N(C(=O)/C=C/c2ccc(Cl)cc2)C1. The van der Waals surface area contributed by atoms with Crippen molar-refractivity contribution < 1.29 is 28.2 Å². The number of carbonyl (C=O) groups is 3. The monoisotopic (exact) mass is 515 g/mol. The molecular formula is C26H27ClFN3O5. The highest BCUT2D eigenvalue weighted by molar-refractivity contribution is 6.30. The van der Waals surface area contributed by atoms with Crippen molar-refractivity contribution in [1.82, 2.24) is 4.90 Å². The van der Waals surface area contributed by atoms with Crippen molar-refractivity contribution in [1.29, 1.82) is 0 Å². The van der Waals surface area contributed by atoms with Gasteiger partial charge in [0.05, 0.1) is 18.4 Å². The van der Waals surface area contributed by atoms with Crippen LogP contribution in [0.2, 0.25) is 5.02 Å². The second-order valence-corrected chi connectivity index (χ2v) is 8.89. The fourth-order valence-electron chi connectivity index (χ4n) is 4.26. The molecule has 2 heterocycles. The number of nitrogens with one attached hydrogen (secondary N) is 1. The Labute approximate surface area is 213 Å². The van der Waals surface area contributed by atoms with Crippen molar-refractivity contribution in [2.75, 3.05) is 43.1 Å². The number of carbonyl (C=O) groups excluding carboxylic acids is 3. The molecule has 0 radical (unpaired) electrons. The summed E-state index contributed by atoms with van der Waals surface area (Å²) in [6.45, 7) is 3.17. The molecule has 10 heteroatoms. The van der Waals surface area contributed by atoms with E-state index in [2.05, 4.69) is 5.32 Å². The van der Waals surface area contributed by atoms with Gasteiger partial charge in [0.25, 0.3) is 5.91 Å². The van der Waals surface area contributed by atoms with Gasteiger partial charge in [-0.3, -0.25) is 14.4 Å². The molecule has 2 aromatic rings. The molecule has 4 rings (SSSR count). The summed E-state index contributed by atoms with van der Waals surface area (Å²) >= 11 is 5.90. The molecule has 2 saturated heterocycles. The van der Waals surface area contributed by atoms with Gasteiger partial charge in [-0.2, -0.15) is 0 Å². The van der Waals surface area contributed by atoms with Crippen molar-refractivity contribution in [2.24, 2.45) is 0 Å². The average molecular weight is 516 g/mol. The van der Waals surface area contributed by atoms with Crippen LogP contribution in [0.25, 0.3) is 6.08 Å². The summed E-state index contributed by atoms with van der Waals surface area (Å²) in [6, 6.07) is 10.3. The molecule has 2 aliphatic rings. The van der Waals surface area contributed by atoms with Crippen LogP contribution < -0.4 is 10.2 Å². The highest BCUT2D eigenvalue weighted by Crippen LogP contribution is 2.26. The fourth-order valence-corrected chi connectivity index (χ4v) is 4.39. The summed E-state index contributed by atoms with van der Waals surface area (Å²) in [7, 11) is 0. The second-order valence-electron chi connectivity index (χ2n) is 8.46. The number of likely N-dealkylation sites (tertiary alicyclic amines) is 1. The number of hydrogen-bond acceptors (Lipinski definition) is 5. The summed E-state index contributed by atoms with van der Waals surface area (Å²) in [5.74, 6) is -1.81. The van der Waals surface area contributed by atoms with Crippen LogP contribution in [-0.4, -0.2) is 67.7 Å². The molecule has 3 amide bonds. The second kappa shape index (κ2) is 11.6. The molecule has 0 unspecified atom stereocenters. The Morgan fingerprint density at radius 1 is 1.25 bits per heavy atom. The number of amides is 3. The highest BCUT2D eigenvalue weighted by atomic mass is 35.5. The highest BCUT2D eigenvalue weighted by Gasteiger charge is 2.39. The van der Waals surface area contributed by atoms with E-state index in [1.165, 1.54) is 28.0 Å². The van der Waals surface area contributed by atoms with E-state index in [0.717, 1.165) is 5.56 Å². The standard InChI is InChI=1S/C26H27ClFN3O5/c1-2-36-20-14-23(31(15-20)24(32)10-5-17-3-6-18(27)7-4-17)26(34)29-22-9-8-19(13-21(22)28)30-11-12-35-16-25(30)33/h3-10,13,20,23H,2,11-12,14-16H2,1H3,(H,29,34)/b10-5+/t20-,23-/m1/s1. The first-order valence-electron chi connectivity index (χ1n) is 11.7. The van der Waals surface area contributed by atoms with Gasteiger partial charge in [-0.1, -0.05) is 23.7 Å². The first-order chi connectivity index (χ1) is 17.4. The average Bonchev–Trinajstić information content (AvgIpc) is 3.29. The number of ether oxygens (including phenoxy) is 2. The minimum absolute atomic E-state index is 0.0339. The van der Waals surface area contributed by atoms with Gasteiger partial charge in [0.1, 0.15) is 18.5 Å².